The summed E-state index contributed by atoms with van der Waals surface area (Å²) in [5, 5.41) is 0. The van der Waals surface area contributed by atoms with Crippen LogP contribution in [0.2, 0.25) is 0 Å². The zero-order valence-corrected chi connectivity index (χ0v) is 8.87. The van der Waals surface area contributed by atoms with Crippen molar-refractivity contribution < 1.29 is 23.4 Å². The van der Waals surface area contributed by atoms with Crippen LogP contribution >= 0.6 is 7.82 Å². The Hall–Kier alpha value is 0.0700. The molecule has 1 heterocycles. The van der Waals surface area contributed by atoms with Gasteiger partial charge in [0.2, 0.25) is 0 Å². The second-order valence-electron chi connectivity index (χ2n) is 4.16. The molecule has 0 aromatic carbocycles. The van der Waals surface area contributed by atoms with Gasteiger partial charge in [0, 0.05) is 12.8 Å². The number of likely N-dealkylation sites (tertiary alicyclic amines) is 1. The number of phosphoric acid groups is 1. The van der Waals surface area contributed by atoms with Gasteiger partial charge in [-0.1, -0.05) is 0 Å². The summed E-state index contributed by atoms with van der Waals surface area (Å²) >= 11 is 0. The molecule has 1 fully saturated rings. The maximum absolute atomic E-state index is 10.4. The van der Waals surface area contributed by atoms with Gasteiger partial charge in [-0.15, -0.1) is 0 Å². The molecule has 1 N–H and O–H groups in total. The third kappa shape index (κ3) is 4.20. The second-order valence-corrected chi connectivity index (χ2v) is 5.30. The largest absolute Gasteiger partial charge is 0.756 e. The fourth-order valence-electron chi connectivity index (χ4n) is 1.54. The topological polar surface area (TPSA) is 69.6 Å². The van der Waals surface area contributed by atoms with E-state index in [4.69, 9.17) is 4.89 Å². The summed E-state index contributed by atoms with van der Waals surface area (Å²) in [6.45, 7) is 1.76. The van der Waals surface area contributed by atoms with E-state index < -0.39 is 7.82 Å². The maximum atomic E-state index is 10.4. The first kappa shape index (κ1) is 11.1. The Morgan fingerprint density at radius 2 is 1.92 bits per heavy atom. The number of quaternary nitrogens is 1. The monoisotopic (exact) mass is 209 g/mol. The van der Waals surface area contributed by atoms with Crippen LogP contribution in [0.5, 0.6) is 0 Å². The van der Waals surface area contributed by atoms with Crippen LogP contribution in [0.4, 0.5) is 0 Å². The van der Waals surface area contributed by atoms with Crippen molar-refractivity contribution in [2.75, 3.05) is 27.2 Å². The lowest BCUT2D eigenvalue weighted by Gasteiger charge is -2.37. The van der Waals surface area contributed by atoms with Crippen LogP contribution in [-0.4, -0.2) is 42.7 Å². The highest BCUT2D eigenvalue weighted by Gasteiger charge is 2.28. The van der Waals surface area contributed by atoms with E-state index in [2.05, 4.69) is 18.6 Å². The highest BCUT2D eigenvalue weighted by atomic mass is 31.2. The minimum atomic E-state index is -4.53. The van der Waals surface area contributed by atoms with Gasteiger partial charge in [-0.25, -0.2) is 0 Å². The standard InChI is InChI=1S/C7H16NO4P/c1-8(2)5-3-7(4-6-8)12-13(9,10)11/h7H,3-6H2,1-2H3,(H-,9,10,11). The van der Waals surface area contributed by atoms with E-state index in [9.17, 15) is 9.46 Å². The molecule has 1 unspecified atom stereocenters. The number of hydrogen-bond acceptors (Lipinski definition) is 3. The molecule has 6 heteroatoms. The van der Waals surface area contributed by atoms with Crippen molar-refractivity contribution in [3.63, 3.8) is 0 Å². The third-order valence-corrected chi connectivity index (χ3v) is 2.96. The quantitative estimate of drug-likeness (QED) is 0.501. The highest BCUT2D eigenvalue weighted by Crippen LogP contribution is 2.35. The van der Waals surface area contributed by atoms with Gasteiger partial charge in [0.25, 0.3) is 7.82 Å². The van der Waals surface area contributed by atoms with Gasteiger partial charge in [0.05, 0.1) is 33.3 Å². The van der Waals surface area contributed by atoms with E-state index in [1.54, 1.807) is 0 Å². The molecule has 1 rings (SSSR count). The lowest BCUT2D eigenvalue weighted by Crippen LogP contribution is -2.47. The fourth-order valence-corrected chi connectivity index (χ4v) is 2.12. The Kier molecular flexibility index (Phi) is 3.15. The molecule has 0 amide bonds. The Morgan fingerprint density at radius 3 is 2.31 bits per heavy atom. The minimum Gasteiger partial charge on any atom is -0.756 e. The van der Waals surface area contributed by atoms with Gasteiger partial charge in [0.1, 0.15) is 0 Å². The molecular weight excluding hydrogens is 193 g/mol. The average Bonchev–Trinajstić information content (AvgIpc) is 1.91. The predicted octanol–water partition coefficient (Wildman–Crippen LogP) is -0.298. The van der Waals surface area contributed by atoms with E-state index in [-0.39, 0.29) is 6.10 Å². The summed E-state index contributed by atoms with van der Waals surface area (Å²) < 4.78 is 15.8. The molecule has 1 atom stereocenters. The molecule has 1 saturated heterocycles. The zero-order chi connectivity index (χ0) is 10.1. The second kappa shape index (κ2) is 3.67. The van der Waals surface area contributed by atoms with Gasteiger partial charge in [-0.3, -0.25) is 4.57 Å². The van der Waals surface area contributed by atoms with E-state index >= 15 is 0 Å². The SMILES string of the molecule is C[N+]1(C)CCC(OP(=O)([O-])O)CC1. The summed E-state index contributed by atoms with van der Waals surface area (Å²) in [6, 6.07) is 0. The summed E-state index contributed by atoms with van der Waals surface area (Å²) in [6.07, 6.45) is 1.03. The fraction of sp³-hybridized carbons (Fsp3) is 1.00. The van der Waals surface area contributed by atoms with Crippen LogP contribution in [0.1, 0.15) is 12.8 Å². The molecule has 5 nitrogen and oxygen atoms in total. The molecule has 0 aliphatic carbocycles. The summed E-state index contributed by atoms with van der Waals surface area (Å²) in [7, 11) is -0.354. The van der Waals surface area contributed by atoms with Gasteiger partial charge >= 0.3 is 0 Å². The van der Waals surface area contributed by atoms with Crippen LogP contribution < -0.4 is 4.89 Å². The molecular formula is C7H16NO4P. The Bertz CT molecular complexity index is 215. The van der Waals surface area contributed by atoms with Crippen LogP contribution in [0.15, 0.2) is 0 Å². The lowest BCUT2D eigenvalue weighted by atomic mass is 10.1. The summed E-state index contributed by atoms with van der Waals surface area (Å²) in [5.41, 5.74) is 0. The Balaban J connectivity index is 2.38. The molecule has 0 spiro atoms. The number of phosphoric ester groups is 1. The average molecular weight is 209 g/mol. The van der Waals surface area contributed by atoms with Crippen molar-refractivity contribution in [3.8, 4) is 0 Å². The first-order valence-electron chi connectivity index (χ1n) is 4.33. The van der Waals surface area contributed by atoms with Crippen molar-refractivity contribution in [1.29, 1.82) is 0 Å². The van der Waals surface area contributed by atoms with Crippen molar-refractivity contribution in [2.45, 2.75) is 18.9 Å². The van der Waals surface area contributed by atoms with Gasteiger partial charge in [-0.05, 0) is 0 Å². The highest BCUT2D eigenvalue weighted by molar-refractivity contribution is 7.44. The van der Waals surface area contributed by atoms with E-state index in [0.717, 1.165) is 17.6 Å². The van der Waals surface area contributed by atoms with Crippen LogP contribution in [0, 0.1) is 0 Å². The Morgan fingerprint density at radius 1 is 1.46 bits per heavy atom. The molecule has 0 aromatic heterocycles. The van der Waals surface area contributed by atoms with Gasteiger partial charge in [0.15, 0.2) is 0 Å². The molecule has 1 aliphatic rings. The van der Waals surface area contributed by atoms with Gasteiger partial charge < -0.3 is 18.8 Å². The molecule has 1 aliphatic heterocycles. The van der Waals surface area contributed by atoms with Crippen LogP contribution in [0.25, 0.3) is 0 Å². The molecule has 0 saturated carbocycles. The summed E-state index contributed by atoms with van der Waals surface area (Å²) in [4.78, 5) is 18.9. The van der Waals surface area contributed by atoms with Crippen molar-refractivity contribution >= 4 is 7.82 Å². The van der Waals surface area contributed by atoms with Crippen molar-refractivity contribution in [1.82, 2.24) is 0 Å². The predicted molar refractivity (Wildman–Crippen MR) is 45.8 cm³/mol. The molecule has 0 bridgehead atoms. The molecule has 0 aromatic rings. The molecule has 78 valence electrons. The zero-order valence-electron chi connectivity index (χ0n) is 7.97. The first-order valence-corrected chi connectivity index (χ1v) is 5.82. The normalized spacial score (nSPS) is 28.3. The number of hydrogen-bond donors (Lipinski definition) is 1. The number of piperidine rings is 1. The molecule has 13 heavy (non-hydrogen) atoms. The van der Waals surface area contributed by atoms with Gasteiger partial charge in [-0.2, -0.15) is 0 Å². The smallest absolute Gasteiger partial charge is 0.265 e. The molecule has 0 radical (unpaired) electrons. The van der Waals surface area contributed by atoms with E-state index in [1.807, 2.05) is 0 Å². The Labute approximate surface area is 78.1 Å². The minimum absolute atomic E-state index is 0.334. The van der Waals surface area contributed by atoms with Crippen LogP contribution in [0.3, 0.4) is 0 Å². The van der Waals surface area contributed by atoms with E-state index in [0.29, 0.717) is 12.8 Å². The van der Waals surface area contributed by atoms with E-state index in [1.165, 1.54) is 0 Å². The summed E-state index contributed by atoms with van der Waals surface area (Å²) in [5.74, 6) is 0. The number of rotatable bonds is 2. The lowest BCUT2D eigenvalue weighted by molar-refractivity contribution is -0.896. The number of nitrogens with zero attached hydrogens (tertiary/aromatic N) is 1. The van der Waals surface area contributed by atoms with Crippen molar-refractivity contribution in [2.24, 2.45) is 0 Å². The maximum Gasteiger partial charge on any atom is 0.265 e. The first-order chi connectivity index (χ1) is 5.79. The van der Waals surface area contributed by atoms with Crippen molar-refractivity contribution in [3.05, 3.63) is 0 Å². The third-order valence-electron chi connectivity index (χ3n) is 2.40. The van der Waals surface area contributed by atoms with Crippen LogP contribution in [-0.2, 0) is 9.09 Å².